The van der Waals surface area contributed by atoms with Crippen molar-refractivity contribution in [3.05, 3.63) is 241 Å². The fraction of sp³-hybridized carbons (Fsp3) is 0.400. The van der Waals surface area contributed by atoms with Gasteiger partial charge in [-0.2, -0.15) is 0 Å². The van der Waals surface area contributed by atoms with Crippen molar-refractivity contribution in [2.24, 2.45) is 5.73 Å². The Bertz CT molecular complexity index is 5370. The van der Waals surface area contributed by atoms with E-state index in [2.05, 4.69) is 181 Å². The molecule has 0 saturated heterocycles. The van der Waals surface area contributed by atoms with Gasteiger partial charge in [-0.3, -0.25) is 14.0 Å². The summed E-state index contributed by atoms with van der Waals surface area (Å²) in [6, 6.07) is 50.2. The monoisotopic (exact) mass is 1700 g/mol. The Morgan fingerprint density at radius 3 is 1.15 bits per heavy atom. The molecule has 0 radical (unpaired) electrons. The van der Waals surface area contributed by atoms with E-state index in [1.165, 1.54) is 45.0 Å². The molecule has 0 atom stereocenters. The average Bonchev–Trinajstić information content (AvgIpc) is 1.66. The molecule has 0 aliphatic carbocycles. The predicted molar refractivity (Wildman–Crippen MR) is 496 cm³/mol. The topological polar surface area (TPSA) is 278 Å². The van der Waals surface area contributed by atoms with Crippen LogP contribution in [0.4, 0.5) is 4.39 Å². The van der Waals surface area contributed by atoms with Crippen molar-refractivity contribution >= 4 is 17.8 Å². The Morgan fingerprint density at radius 1 is 0.484 bits per heavy atom. The summed E-state index contributed by atoms with van der Waals surface area (Å²) in [7, 11) is 17.2. The molecule has 14 rings (SSSR count). The number of fused-ring (bicyclic) bond motifs is 3. The molecule has 0 saturated carbocycles. The molecule has 664 valence electrons. The number of halogens is 1. The molecule has 0 bridgehead atoms. The van der Waals surface area contributed by atoms with Gasteiger partial charge in [0.15, 0.2) is 34.4 Å². The highest BCUT2D eigenvalue weighted by molar-refractivity contribution is 6.04. The van der Waals surface area contributed by atoms with Crippen molar-refractivity contribution in [2.45, 2.75) is 140 Å². The Labute approximate surface area is 734 Å². The van der Waals surface area contributed by atoms with Crippen LogP contribution in [0.2, 0.25) is 0 Å². The number of benzene rings is 8. The Balaban J connectivity index is 0.000000220. The third kappa shape index (κ3) is 25.0. The molecule has 7 N–H and O–H groups in total. The summed E-state index contributed by atoms with van der Waals surface area (Å²) in [4.78, 5) is 51.9. The van der Waals surface area contributed by atoms with Crippen LogP contribution in [0.1, 0.15) is 179 Å². The van der Waals surface area contributed by atoms with E-state index >= 15 is 0 Å². The Morgan fingerprint density at radius 2 is 0.823 bits per heavy atom. The lowest BCUT2D eigenvalue weighted by Gasteiger charge is -2.25. The van der Waals surface area contributed by atoms with Crippen molar-refractivity contribution in [2.75, 3.05) is 129 Å². The molecule has 24 heteroatoms. The van der Waals surface area contributed by atoms with Crippen LogP contribution < -0.4 is 25.8 Å². The fourth-order valence-electron chi connectivity index (χ4n) is 15.4. The average molecular weight is 1700 g/mol. The number of alkyl halides is 1. The zero-order valence-electron chi connectivity index (χ0n) is 75.0. The number of ether oxygens (including phenoxy) is 2. The summed E-state index contributed by atoms with van der Waals surface area (Å²) in [5, 5.41) is 49.6. The highest BCUT2D eigenvalue weighted by atomic mass is 19.1. The standard InChI is InChI=1S/C35H42N4O3.C31H32N2O4.C27H34N4O4.C4H12N2.CH3F.2CH4/c1-23(2)29-20-30(31(18-24(29)3)41-22-25-10-8-7-9-11-25)34-32(33(37-42-34)35(40)36-15-17-38(4)5)27-12-13-28-21-39(6)16-14-26(28)19-27;1-19(2)25-16-26(27(14-20(25)3)36-18-21-8-6-5-7-9-21)30-28(29(31(34)35)32-37-30)23-10-11-24-17-33(4)13-12-22(24)15-23;1-16(2)20-13-21(23(33)14-22(20)32)26-24(25(29-35-26)27(34)28-9-11-30(3)4)18-6-7-19-15-31(5)10-8-17(19)12-18;1-6(2)4-3-5;1-2;;/h7-13,18-20,23H,14-17,21-22H2,1-6H3,(H,36,40);5-11,14-16,19H,12-13,17-18H2,1-4H3,(H,34,35);6-7,12-14,16,32-33H,8-11,15H2,1-5H3,(H,28,34);3-5H2,1-2H3;1H3;2*1H4/i;;;;1D;;. The number of hydrogen-bond donors (Lipinski definition) is 6. The van der Waals surface area contributed by atoms with Gasteiger partial charge in [-0.1, -0.05) is 187 Å². The zero-order valence-corrected chi connectivity index (χ0v) is 74.0. The molecule has 2 amide bonds. The highest BCUT2D eigenvalue weighted by Gasteiger charge is 2.33. The molecule has 6 heterocycles. The number of phenolic OH excluding ortho intramolecular Hbond substituents is 2. The zero-order chi connectivity index (χ0) is 88.9. The van der Waals surface area contributed by atoms with Gasteiger partial charge in [0.25, 0.3) is 11.8 Å². The summed E-state index contributed by atoms with van der Waals surface area (Å²) < 4.78 is 45.9. The number of aryl methyl sites for hydroxylation is 2. The van der Waals surface area contributed by atoms with Crippen LogP contribution >= 0.6 is 0 Å². The highest BCUT2D eigenvalue weighted by Crippen LogP contribution is 2.48. The number of nitrogens with zero attached hydrogens (tertiary/aromatic N) is 9. The molecule has 0 spiro atoms. The van der Waals surface area contributed by atoms with E-state index in [9.17, 15) is 34.1 Å². The van der Waals surface area contributed by atoms with Crippen LogP contribution in [0.5, 0.6) is 23.0 Å². The number of carbonyl (C=O) groups is 3. The first-order chi connectivity index (χ1) is 58.9. The number of carbonyl (C=O) groups excluding carboxylic acids is 2. The summed E-state index contributed by atoms with van der Waals surface area (Å²) in [5.74, 6) is 1.37. The summed E-state index contributed by atoms with van der Waals surface area (Å²) in [6.07, 6.45) is 2.78. The lowest BCUT2D eigenvalue weighted by atomic mass is 9.90. The van der Waals surface area contributed by atoms with Crippen LogP contribution in [0, 0.1) is 13.8 Å². The number of amides is 2. The largest absolute Gasteiger partial charge is 0.508 e. The van der Waals surface area contributed by atoms with Gasteiger partial charge in [0, 0.05) is 84.6 Å². The van der Waals surface area contributed by atoms with Gasteiger partial charge in [0.1, 0.15) is 36.2 Å². The number of aromatic carboxylic acids is 1. The van der Waals surface area contributed by atoms with Crippen molar-refractivity contribution in [3.63, 3.8) is 0 Å². The first-order valence-electron chi connectivity index (χ1n) is 42.5. The smallest absolute Gasteiger partial charge is 0.358 e. The second-order valence-corrected chi connectivity index (χ2v) is 33.5. The van der Waals surface area contributed by atoms with E-state index in [-0.39, 0.29) is 67.1 Å². The van der Waals surface area contributed by atoms with Crippen LogP contribution in [0.3, 0.4) is 0 Å². The summed E-state index contributed by atoms with van der Waals surface area (Å²) >= 11 is 0. The normalized spacial score (nSPS) is 13.2. The maximum atomic E-state index is 13.5. The van der Waals surface area contributed by atoms with Crippen molar-refractivity contribution in [1.29, 1.82) is 0 Å². The molecule has 0 fully saturated rings. The number of aromatic nitrogens is 3. The maximum Gasteiger partial charge on any atom is 0.358 e. The summed E-state index contributed by atoms with van der Waals surface area (Å²) in [6.45, 7) is 27.3. The second-order valence-electron chi connectivity index (χ2n) is 33.5. The van der Waals surface area contributed by atoms with Gasteiger partial charge < -0.3 is 84.1 Å². The van der Waals surface area contributed by atoms with Gasteiger partial charge in [0.05, 0.1) is 41.9 Å². The molecule has 124 heavy (non-hydrogen) atoms. The van der Waals surface area contributed by atoms with E-state index in [1.807, 2.05) is 133 Å². The number of carboxylic acid groups (broad SMARTS) is 1. The van der Waals surface area contributed by atoms with E-state index in [0.717, 1.165) is 128 Å². The number of nitrogens with two attached hydrogens (primary N) is 1. The minimum Gasteiger partial charge on any atom is -0.508 e. The lowest BCUT2D eigenvalue weighted by Crippen LogP contribution is -2.31. The first-order valence-corrected chi connectivity index (χ1v) is 41.8. The molecule has 8 aromatic carbocycles. The van der Waals surface area contributed by atoms with Crippen LogP contribution in [0.25, 0.3) is 67.4 Å². The van der Waals surface area contributed by atoms with Gasteiger partial charge in [-0.05, 0) is 234 Å². The molecule has 23 nitrogen and oxygen atoms in total. The SMILES string of the molecule is C.C.CC(C)c1cc(-c2onc(C(=O)NCCN(C)C)c2-c2ccc3c(c2)CCN(C)C3)c(O)cc1O.CN(C)CCN.Cc1cc(OCc2ccccc2)c(-c2onc(C(=O)NCCN(C)C)c2-c2ccc3c(c2)CCN(C)C3)cc1C(C)C.Cc1cc(OCc2ccccc2)c(-c2onc(C(=O)O)c2-c2ccc3c(c2)CCN(C)C3)cc1C(C)C.[2H]CF. The number of phenols is 2. The minimum atomic E-state index is -1.12. The Kier molecular flexibility index (Phi) is 35.7. The minimum absolute atomic E-state index is 0. The van der Waals surface area contributed by atoms with Crippen LogP contribution in [-0.2, 0) is 52.1 Å². The van der Waals surface area contributed by atoms with Gasteiger partial charge >= 0.3 is 5.97 Å². The van der Waals surface area contributed by atoms with E-state index in [4.69, 9.17) is 30.1 Å². The molecule has 11 aromatic rings. The molecule has 3 aliphatic rings. The van der Waals surface area contributed by atoms with E-state index in [1.54, 1.807) is 6.07 Å². The van der Waals surface area contributed by atoms with E-state index < -0.39 is 13.1 Å². The molecule has 0 unspecified atom stereocenters. The third-order valence-electron chi connectivity index (χ3n) is 22.0. The van der Waals surface area contributed by atoms with Gasteiger partial charge in [0.2, 0.25) is 0 Å². The first kappa shape index (κ1) is 96.5. The number of likely N-dealkylation sites (N-methyl/N-ethyl adjacent to an activating group) is 6. The van der Waals surface area contributed by atoms with Crippen LogP contribution in [-0.4, -0.2) is 207 Å². The van der Waals surface area contributed by atoms with Crippen molar-refractivity contribution in [1.82, 2.24) is 55.5 Å². The maximum absolute atomic E-state index is 13.5. The Hall–Kier alpha value is -11.4. The van der Waals surface area contributed by atoms with Crippen LogP contribution in [0.15, 0.2) is 165 Å². The number of aromatic hydroxyl groups is 2. The second kappa shape index (κ2) is 45.9. The number of rotatable bonds is 26. The summed E-state index contributed by atoms with van der Waals surface area (Å²) in [5.41, 5.74) is 26.7. The molecule has 3 aromatic heterocycles. The van der Waals surface area contributed by atoms with Gasteiger partial charge in [-0.25, -0.2) is 4.79 Å². The number of carboxylic acids is 1. The molecule has 3 aliphatic heterocycles. The molecular weight excluding hydrogens is 1560 g/mol. The molecular formula is C100H131FN12O11. The van der Waals surface area contributed by atoms with Crippen molar-refractivity contribution < 1.29 is 58.5 Å². The quantitative estimate of drug-likeness (QED) is 0.0294. The van der Waals surface area contributed by atoms with Gasteiger partial charge in [-0.15, -0.1) is 0 Å². The van der Waals surface area contributed by atoms with E-state index in [0.29, 0.717) is 101 Å². The predicted octanol–water partition coefficient (Wildman–Crippen LogP) is 18.2. The fourth-order valence-corrected chi connectivity index (χ4v) is 15.4. The third-order valence-corrected chi connectivity index (χ3v) is 22.0. The number of hydrogen-bond acceptors (Lipinski definition) is 20. The van der Waals surface area contributed by atoms with Crippen molar-refractivity contribution in [3.8, 4) is 90.3 Å². The number of nitrogens with one attached hydrogen (secondary N) is 2. The lowest BCUT2D eigenvalue weighted by molar-refractivity contribution is 0.0685.